The van der Waals surface area contributed by atoms with Crippen molar-refractivity contribution in [3.63, 3.8) is 0 Å². The van der Waals surface area contributed by atoms with Crippen molar-refractivity contribution < 1.29 is 14.3 Å². The van der Waals surface area contributed by atoms with Crippen LogP contribution in [-0.2, 0) is 17.9 Å². The maximum absolute atomic E-state index is 12.3. The molecule has 6 heteroatoms. The van der Waals surface area contributed by atoms with E-state index in [9.17, 15) is 4.79 Å². The molecule has 1 atom stereocenters. The Morgan fingerprint density at radius 2 is 1.48 bits per heavy atom. The average Bonchev–Trinajstić information content (AvgIpc) is 2.81. The van der Waals surface area contributed by atoms with E-state index < -0.39 is 0 Å². The van der Waals surface area contributed by atoms with Gasteiger partial charge >= 0.3 is 0 Å². The van der Waals surface area contributed by atoms with Gasteiger partial charge in [0.1, 0.15) is 17.3 Å². The first kappa shape index (κ1) is 22.6. The second kappa shape index (κ2) is 11.3. The summed E-state index contributed by atoms with van der Waals surface area (Å²) in [6.45, 7) is 4.27. The van der Waals surface area contributed by atoms with Crippen molar-refractivity contribution in [2.45, 2.75) is 38.9 Å². The fourth-order valence-corrected chi connectivity index (χ4v) is 3.39. The fourth-order valence-electron chi connectivity index (χ4n) is 3.39. The smallest absolute Gasteiger partial charge is 0.194 e. The molecule has 0 saturated carbocycles. The SMILES string of the molecule is CCCCNC1C=C(N(Cc2ccc(OC)cc2)Cc2ccc(OC)cc2)N=CC1=O. The molecule has 0 amide bonds. The first-order chi connectivity index (χ1) is 15.1. The van der Waals surface area contributed by atoms with Crippen LogP contribution in [0.4, 0.5) is 0 Å². The maximum atomic E-state index is 12.3. The number of ether oxygens (including phenoxy) is 2. The molecule has 6 nitrogen and oxygen atoms in total. The number of benzene rings is 2. The lowest BCUT2D eigenvalue weighted by molar-refractivity contribution is -0.113. The van der Waals surface area contributed by atoms with Crippen LogP contribution in [0.5, 0.6) is 11.5 Å². The van der Waals surface area contributed by atoms with E-state index in [1.54, 1.807) is 14.2 Å². The zero-order valence-electron chi connectivity index (χ0n) is 18.5. The zero-order chi connectivity index (χ0) is 22.1. The number of carbonyl (C=O) groups excluding carboxylic acids is 1. The van der Waals surface area contributed by atoms with Crippen LogP contribution in [0.2, 0.25) is 0 Å². The molecule has 1 unspecified atom stereocenters. The van der Waals surface area contributed by atoms with Crippen molar-refractivity contribution in [3.8, 4) is 11.5 Å². The Labute approximate surface area is 184 Å². The molecule has 0 bridgehead atoms. The summed E-state index contributed by atoms with van der Waals surface area (Å²) in [4.78, 5) is 19.0. The van der Waals surface area contributed by atoms with E-state index in [-0.39, 0.29) is 11.8 Å². The van der Waals surface area contributed by atoms with Crippen molar-refractivity contribution in [1.82, 2.24) is 10.2 Å². The van der Waals surface area contributed by atoms with Crippen LogP contribution in [-0.4, -0.2) is 43.7 Å². The molecule has 0 aliphatic carbocycles. The number of carbonyl (C=O) groups is 1. The van der Waals surface area contributed by atoms with E-state index in [2.05, 4.69) is 46.4 Å². The van der Waals surface area contributed by atoms with Gasteiger partial charge in [0, 0.05) is 13.1 Å². The van der Waals surface area contributed by atoms with Crippen LogP contribution < -0.4 is 14.8 Å². The Bertz CT molecular complexity index is 855. The molecule has 3 rings (SSSR count). The molecular formula is C25H31N3O3. The standard InChI is InChI=1S/C25H31N3O3/c1-4-5-14-26-23-15-25(27-16-24(23)29)28(17-19-6-10-21(30-2)11-7-19)18-20-8-12-22(31-3)13-9-20/h6-13,15-16,23,26H,4-5,14,17-18H2,1-3H3. The monoisotopic (exact) mass is 421 g/mol. The molecule has 0 saturated heterocycles. The number of nitrogens with one attached hydrogen (secondary N) is 1. The third-order valence-corrected chi connectivity index (χ3v) is 5.23. The van der Waals surface area contributed by atoms with Gasteiger partial charge in [-0.25, -0.2) is 4.99 Å². The summed E-state index contributed by atoms with van der Waals surface area (Å²) >= 11 is 0. The minimum Gasteiger partial charge on any atom is -0.497 e. The summed E-state index contributed by atoms with van der Waals surface area (Å²) in [5.74, 6) is 2.44. The predicted octanol–water partition coefficient (Wildman–Crippen LogP) is 3.96. The van der Waals surface area contributed by atoms with Gasteiger partial charge in [-0.15, -0.1) is 0 Å². The molecule has 2 aromatic rings. The number of hydrogen-bond acceptors (Lipinski definition) is 6. The van der Waals surface area contributed by atoms with Crippen LogP contribution in [0.1, 0.15) is 30.9 Å². The molecule has 0 spiro atoms. The second-order valence-corrected chi connectivity index (χ2v) is 7.52. The highest BCUT2D eigenvalue weighted by Gasteiger charge is 2.22. The van der Waals surface area contributed by atoms with Gasteiger partial charge in [-0.05, 0) is 54.4 Å². The summed E-state index contributed by atoms with van der Waals surface area (Å²) in [5.41, 5.74) is 2.27. The van der Waals surface area contributed by atoms with Gasteiger partial charge in [0.05, 0.1) is 26.5 Å². The first-order valence-electron chi connectivity index (χ1n) is 10.7. The number of methoxy groups -OCH3 is 2. The van der Waals surface area contributed by atoms with Gasteiger partial charge < -0.3 is 19.7 Å². The van der Waals surface area contributed by atoms with E-state index in [4.69, 9.17) is 9.47 Å². The van der Waals surface area contributed by atoms with Crippen LogP contribution in [0, 0.1) is 0 Å². The lowest BCUT2D eigenvalue weighted by atomic mass is 10.1. The predicted molar refractivity (Wildman–Crippen MR) is 124 cm³/mol. The van der Waals surface area contributed by atoms with Crippen molar-refractivity contribution in [3.05, 3.63) is 71.6 Å². The Hall–Kier alpha value is -3.12. The number of unbranched alkanes of at least 4 members (excludes halogenated alkanes) is 1. The summed E-state index contributed by atoms with van der Waals surface area (Å²) in [6, 6.07) is 15.7. The van der Waals surface area contributed by atoms with E-state index in [0.29, 0.717) is 13.1 Å². The Kier molecular flexibility index (Phi) is 8.24. The van der Waals surface area contributed by atoms with Crippen molar-refractivity contribution >= 4 is 12.0 Å². The van der Waals surface area contributed by atoms with Crippen molar-refractivity contribution in [2.24, 2.45) is 4.99 Å². The summed E-state index contributed by atoms with van der Waals surface area (Å²) in [7, 11) is 3.32. The summed E-state index contributed by atoms with van der Waals surface area (Å²) < 4.78 is 10.5. The third kappa shape index (κ3) is 6.43. The Balaban J connectivity index is 1.83. The Morgan fingerprint density at radius 1 is 0.935 bits per heavy atom. The van der Waals surface area contributed by atoms with Gasteiger partial charge in [0.15, 0.2) is 5.78 Å². The molecule has 0 aromatic heterocycles. The van der Waals surface area contributed by atoms with E-state index in [0.717, 1.165) is 47.8 Å². The van der Waals surface area contributed by atoms with Crippen molar-refractivity contribution in [1.29, 1.82) is 0 Å². The Morgan fingerprint density at radius 3 is 1.97 bits per heavy atom. The minimum atomic E-state index is -0.340. The lowest BCUT2D eigenvalue weighted by Crippen LogP contribution is -2.39. The third-order valence-electron chi connectivity index (χ3n) is 5.23. The molecule has 1 N–H and O–H groups in total. The topological polar surface area (TPSA) is 63.2 Å². The highest BCUT2D eigenvalue weighted by atomic mass is 16.5. The molecule has 0 radical (unpaired) electrons. The minimum absolute atomic E-state index is 0.00584. The fraction of sp³-hybridized carbons (Fsp3) is 0.360. The largest absolute Gasteiger partial charge is 0.497 e. The van der Waals surface area contributed by atoms with Gasteiger partial charge in [-0.1, -0.05) is 37.6 Å². The quantitative estimate of drug-likeness (QED) is 0.557. The number of Topliss-reactive ketones (excluding diaryl/α,β-unsaturated/α-hetero) is 1. The van der Waals surface area contributed by atoms with Crippen LogP contribution in [0.25, 0.3) is 0 Å². The molecule has 164 valence electrons. The number of ketones is 1. The van der Waals surface area contributed by atoms with E-state index >= 15 is 0 Å². The average molecular weight is 422 g/mol. The lowest BCUT2D eigenvalue weighted by Gasteiger charge is -2.28. The van der Waals surface area contributed by atoms with Crippen LogP contribution >= 0.6 is 0 Å². The zero-order valence-corrected chi connectivity index (χ0v) is 18.5. The highest BCUT2D eigenvalue weighted by Crippen LogP contribution is 2.22. The van der Waals surface area contributed by atoms with Gasteiger partial charge in [-0.3, -0.25) is 4.79 Å². The summed E-state index contributed by atoms with van der Waals surface area (Å²) in [5, 5.41) is 3.34. The number of nitrogens with zero attached hydrogens (tertiary/aromatic N) is 2. The number of aliphatic imine (C=N–C) groups is 1. The molecule has 1 heterocycles. The van der Waals surface area contributed by atoms with Gasteiger partial charge in [0.2, 0.25) is 0 Å². The maximum Gasteiger partial charge on any atom is 0.194 e. The van der Waals surface area contributed by atoms with E-state index in [1.165, 1.54) is 6.21 Å². The first-order valence-corrected chi connectivity index (χ1v) is 10.7. The molecule has 0 fully saturated rings. The van der Waals surface area contributed by atoms with Crippen LogP contribution in [0.15, 0.2) is 65.4 Å². The second-order valence-electron chi connectivity index (χ2n) is 7.52. The van der Waals surface area contributed by atoms with Gasteiger partial charge in [0.25, 0.3) is 0 Å². The number of rotatable bonds is 11. The number of hydrogen-bond donors (Lipinski definition) is 1. The van der Waals surface area contributed by atoms with Crippen molar-refractivity contribution in [2.75, 3.05) is 20.8 Å². The molecule has 2 aromatic carbocycles. The van der Waals surface area contributed by atoms with Crippen LogP contribution in [0.3, 0.4) is 0 Å². The van der Waals surface area contributed by atoms with Gasteiger partial charge in [-0.2, -0.15) is 0 Å². The molecule has 1 aliphatic heterocycles. The molecule has 31 heavy (non-hydrogen) atoms. The normalized spacial score (nSPS) is 15.5. The van der Waals surface area contributed by atoms with E-state index in [1.807, 2.05) is 30.3 Å². The molecule has 1 aliphatic rings. The highest BCUT2D eigenvalue weighted by molar-refractivity contribution is 6.31. The molecular weight excluding hydrogens is 390 g/mol. The summed E-state index contributed by atoms with van der Waals surface area (Å²) in [6.07, 6.45) is 5.49.